The number of nitrogens with two attached hydrogens (primary N) is 1. The lowest BCUT2D eigenvalue weighted by molar-refractivity contribution is -0.150. The van der Waals surface area contributed by atoms with Crippen LogP contribution in [0.25, 0.3) is 0 Å². The smallest absolute Gasteiger partial charge is 0.306 e. The zero-order valence-corrected chi connectivity index (χ0v) is 15.1. The molecule has 0 aliphatic heterocycles. The van der Waals surface area contributed by atoms with E-state index >= 15 is 0 Å². The van der Waals surface area contributed by atoms with Crippen LogP contribution in [0.4, 0.5) is 0 Å². The molecule has 0 aromatic carbocycles. The van der Waals surface area contributed by atoms with Gasteiger partial charge in [-0.05, 0) is 45.1 Å². The van der Waals surface area contributed by atoms with Gasteiger partial charge < -0.3 is 10.5 Å². The van der Waals surface area contributed by atoms with Gasteiger partial charge in [-0.3, -0.25) is 4.79 Å². The summed E-state index contributed by atoms with van der Waals surface area (Å²) in [5, 5.41) is 0. The van der Waals surface area contributed by atoms with E-state index in [2.05, 4.69) is 13.8 Å². The summed E-state index contributed by atoms with van der Waals surface area (Å²) in [5.74, 6) is -0.00648. The maximum absolute atomic E-state index is 11.9. The van der Waals surface area contributed by atoms with Crippen molar-refractivity contribution >= 4 is 5.97 Å². The lowest BCUT2D eigenvalue weighted by atomic mass is 10.0. The largest absolute Gasteiger partial charge is 0.462 e. The summed E-state index contributed by atoms with van der Waals surface area (Å²) in [7, 11) is 0. The molecule has 0 radical (unpaired) electrons. The van der Waals surface area contributed by atoms with Gasteiger partial charge in [0, 0.05) is 6.42 Å². The first kappa shape index (κ1) is 21.4. The Morgan fingerprint density at radius 3 is 1.86 bits per heavy atom. The Hall–Kier alpha value is -0.570. The van der Waals surface area contributed by atoms with E-state index in [4.69, 9.17) is 10.5 Å². The molecule has 22 heavy (non-hydrogen) atoms. The van der Waals surface area contributed by atoms with E-state index in [1.165, 1.54) is 51.4 Å². The summed E-state index contributed by atoms with van der Waals surface area (Å²) in [6.45, 7) is 5.17. The fourth-order valence-corrected chi connectivity index (χ4v) is 2.70. The lowest BCUT2D eigenvalue weighted by Gasteiger charge is -2.18. The average Bonchev–Trinajstić information content (AvgIpc) is 2.52. The van der Waals surface area contributed by atoms with Gasteiger partial charge in [0.1, 0.15) is 6.10 Å². The van der Waals surface area contributed by atoms with Crippen molar-refractivity contribution in [2.24, 2.45) is 5.73 Å². The molecule has 0 aliphatic carbocycles. The van der Waals surface area contributed by atoms with E-state index in [1.807, 2.05) is 0 Å². The van der Waals surface area contributed by atoms with Crippen LogP contribution in [0.15, 0.2) is 0 Å². The van der Waals surface area contributed by atoms with Crippen LogP contribution in [0.1, 0.15) is 104 Å². The topological polar surface area (TPSA) is 52.3 Å². The number of ether oxygens (including phenoxy) is 1. The van der Waals surface area contributed by atoms with Crippen molar-refractivity contribution in [1.29, 1.82) is 0 Å². The Bertz CT molecular complexity index is 232. The van der Waals surface area contributed by atoms with Crippen molar-refractivity contribution in [2.75, 3.05) is 6.54 Å². The molecule has 0 aliphatic rings. The molecule has 0 saturated carbocycles. The van der Waals surface area contributed by atoms with Crippen LogP contribution in [0.5, 0.6) is 0 Å². The standard InChI is InChI=1S/C19H39NO2/c1-3-5-7-10-14-18(15-11-8-6-4-2)22-19(21)16-12-9-13-17-20/h18H,3-17,20H2,1-2H3. The Balaban J connectivity index is 3.94. The lowest BCUT2D eigenvalue weighted by Crippen LogP contribution is -2.18. The average molecular weight is 314 g/mol. The van der Waals surface area contributed by atoms with Crippen molar-refractivity contribution < 1.29 is 9.53 Å². The highest BCUT2D eigenvalue weighted by molar-refractivity contribution is 5.69. The number of carbonyl (C=O) groups is 1. The maximum Gasteiger partial charge on any atom is 0.306 e. The van der Waals surface area contributed by atoms with Gasteiger partial charge in [-0.15, -0.1) is 0 Å². The van der Waals surface area contributed by atoms with Gasteiger partial charge in [-0.2, -0.15) is 0 Å². The second-order valence-corrected chi connectivity index (χ2v) is 6.41. The fraction of sp³-hybridized carbons (Fsp3) is 0.947. The Kier molecular flexibility index (Phi) is 16.4. The quantitative estimate of drug-likeness (QED) is 0.308. The molecular formula is C19H39NO2. The predicted molar refractivity (Wildman–Crippen MR) is 94.9 cm³/mol. The van der Waals surface area contributed by atoms with Gasteiger partial charge in [0.25, 0.3) is 0 Å². The molecule has 0 aromatic rings. The number of carbonyl (C=O) groups excluding carboxylic acids is 1. The summed E-state index contributed by atoms with van der Waals surface area (Å²) in [6, 6.07) is 0. The van der Waals surface area contributed by atoms with Crippen LogP contribution in [-0.4, -0.2) is 18.6 Å². The van der Waals surface area contributed by atoms with Crippen molar-refractivity contribution in [3.05, 3.63) is 0 Å². The minimum atomic E-state index is -0.00648. The van der Waals surface area contributed by atoms with Crippen molar-refractivity contribution in [1.82, 2.24) is 0 Å². The van der Waals surface area contributed by atoms with Gasteiger partial charge in [0.05, 0.1) is 0 Å². The zero-order chi connectivity index (χ0) is 16.5. The van der Waals surface area contributed by atoms with Gasteiger partial charge in [0.2, 0.25) is 0 Å². The van der Waals surface area contributed by atoms with Crippen molar-refractivity contribution in [3.63, 3.8) is 0 Å². The first-order valence-corrected chi connectivity index (χ1v) is 9.64. The molecule has 0 amide bonds. The number of hydrogen-bond acceptors (Lipinski definition) is 3. The molecule has 0 saturated heterocycles. The number of rotatable bonds is 16. The third kappa shape index (κ3) is 14.4. The maximum atomic E-state index is 11.9. The summed E-state index contributed by atoms with van der Waals surface area (Å²) < 4.78 is 5.72. The number of unbranched alkanes of at least 4 members (excludes halogenated alkanes) is 8. The van der Waals surface area contributed by atoms with Gasteiger partial charge in [0.15, 0.2) is 0 Å². The first-order valence-electron chi connectivity index (χ1n) is 9.64. The normalized spacial score (nSPS) is 11.1. The van der Waals surface area contributed by atoms with E-state index in [-0.39, 0.29) is 12.1 Å². The highest BCUT2D eigenvalue weighted by atomic mass is 16.5. The van der Waals surface area contributed by atoms with E-state index < -0.39 is 0 Å². The molecule has 0 rings (SSSR count). The molecule has 0 aromatic heterocycles. The molecule has 0 bridgehead atoms. The Morgan fingerprint density at radius 1 is 0.818 bits per heavy atom. The first-order chi connectivity index (χ1) is 10.7. The zero-order valence-electron chi connectivity index (χ0n) is 15.1. The Labute approximate surface area is 138 Å². The van der Waals surface area contributed by atoms with Gasteiger partial charge in [-0.1, -0.05) is 58.8 Å². The van der Waals surface area contributed by atoms with Gasteiger partial charge >= 0.3 is 5.97 Å². The summed E-state index contributed by atoms with van der Waals surface area (Å²) in [4.78, 5) is 11.9. The highest BCUT2D eigenvalue weighted by Gasteiger charge is 2.13. The number of esters is 1. The molecule has 3 nitrogen and oxygen atoms in total. The summed E-state index contributed by atoms with van der Waals surface area (Å²) >= 11 is 0. The van der Waals surface area contributed by atoms with E-state index in [0.717, 1.165) is 32.1 Å². The molecule has 0 fully saturated rings. The van der Waals surface area contributed by atoms with E-state index in [9.17, 15) is 4.79 Å². The van der Waals surface area contributed by atoms with Crippen LogP contribution in [-0.2, 0) is 9.53 Å². The molecule has 2 N–H and O–H groups in total. The minimum Gasteiger partial charge on any atom is -0.462 e. The molecule has 0 spiro atoms. The predicted octanol–water partition coefficient (Wildman–Crippen LogP) is 5.36. The molecular weight excluding hydrogens is 274 g/mol. The summed E-state index contributed by atoms with van der Waals surface area (Å²) in [6.07, 6.45) is 15.7. The minimum absolute atomic E-state index is 0.00648. The second-order valence-electron chi connectivity index (χ2n) is 6.41. The van der Waals surface area contributed by atoms with Crippen LogP contribution in [0.3, 0.4) is 0 Å². The molecule has 0 atom stereocenters. The van der Waals surface area contributed by atoms with Crippen molar-refractivity contribution in [3.8, 4) is 0 Å². The van der Waals surface area contributed by atoms with Crippen LogP contribution in [0, 0.1) is 0 Å². The second kappa shape index (κ2) is 16.8. The Morgan fingerprint density at radius 2 is 1.36 bits per heavy atom. The van der Waals surface area contributed by atoms with E-state index in [1.54, 1.807) is 0 Å². The van der Waals surface area contributed by atoms with Crippen LogP contribution in [0.2, 0.25) is 0 Å². The molecule has 0 heterocycles. The third-order valence-electron chi connectivity index (χ3n) is 4.14. The molecule has 132 valence electrons. The van der Waals surface area contributed by atoms with Crippen molar-refractivity contribution in [2.45, 2.75) is 110 Å². The monoisotopic (exact) mass is 313 g/mol. The highest BCUT2D eigenvalue weighted by Crippen LogP contribution is 2.16. The van der Waals surface area contributed by atoms with E-state index in [0.29, 0.717) is 13.0 Å². The van der Waals surface area contributed by atoms with Crippen LogP contribution < -0.4 is 5.73 Å². The molecule has 0 unspecified atom stereocenters. The fourth-order valence-electron chi connectivity index (χ4n) is 2.70. The molecule has 3 heteroatoms. The third-order valence-corrected chi connectivity index (χ3v) is 4.14. The summed E-state index contributed by atoms with van der Waals surface area (Å²) in [5.41, 5.74) is 5.47. The van der Waals surface area contributed by atoms with Crippen LogP contribution >= 0.6 is 0 Å². The van der Waals surface area contributed by atoms with Gasteiger partial charge in [-0.25, -0.2) is 0 Å². The number of hydrogen-bond donors (Lipinski definition) is 1. The SMILES string of the molecule is CCCCCCC(CCCCCC)OC(=O)CCCCCN.